The zero-order valence-electron chi connectivity index (χ0n) is 12.0. The predicted octanol–water partition coefficient (Wildman–Crippen LogP) is 2.07. The molecule has 4 nitrogen and oxygen atoms in total. The Balaban J connectivity index is 2.45. The molecule has 1 aliphatic rings. The average molecular weight is 289 g/mol. The van der Waals surface area contributed by atoms with Crippen LogP contribution in [0.25, 0.3) is 0 Å². The fourth-order valence-corrected chi connectivity index (χ4v) is 4.31. The van der Waals surface area contributed by atoms with Gasteiger partial charge in [-0.25, -0.2) is 8.42 Å². The summed E-state index contributed by atoms with van der Waals surface area (Å²) in [5, 5.41) is 0. The van der Waals surface area contributed by atoms with Crippen molar-refractivity contribution in [2.45, 2.75) is 58.3 Å². The number of hydrogen-bond acceptors (Lipinski definition) is 4. The molecule has 0 aliphatic heterocycles. The van der Waals surface area contributed by atoms with Gasteiger partial charge in [0.05, 0.1) is 5.75 Å². The van der Waals surface area contributed by atoms with Crippen LogP contribution in [0.4, 0.5) is 0 Å². The number of carbonyl (C=O) groups excluding carboxylic acids is 1. The number of carbonyl (C=O) groups is 1. The molecule has 112 valence electrons. The molecule has 0 aromatic rings. The Morgan fingerprint density at radius 1 is 1.16 bits per heavy atom. The molecule has 2 N–H and O–H groups in total. The van der Waals surface area contributed by atoms with Crippen LogP contribution in [-0.4, -0.2) is 32.3 Å². The fourth-order valence-electron chi connectivity index (χ4n) is 2.94. The summed E-state index contributed by atoms with van der Waals surface area (Å²) < 4.78 is 23.2. The topological polar surface area (TPSA) is 77.2 Å². The van der Waals surface area contributed by atoms with Crippen molar-refractivity contribution in [3.05, 3.63) is 0 Å². The highest BCUT2D eigenvalue weighted by Gasteiger charge is 2.32. The standard InChI is InChI=1S/C14H27NO3S/c1-2-9-19(17,18)10-6-13(16)11-14(12-15)7-4-3-5-8-14/h2-12,15H2,1H3. The van der Waals surface area contributed by atoms with E-state index >= 15 is 0 Å². The van der Waals surface area contributed by atoms with Crippen LogP contribution in [-0.2, 0) is 14.6 Å². The van der Waals surface area contributed by atoms with Crippen LogP contribution in [0, 0.1) is 5.41 Å². The monoisotopic (exact) mass is 289 g/mol. The van der Waals surface area contributed by atoms with Gasteiger partial charge in [0.1, 0.15) is 5.78 Å². The van der Waals surface area contributed by atoms with E-state index in [4.69, 9.17) is 5.73 Å². The molecule has 0 unspecified atom stereocenters. The third-order valence-corrected chi connectivity index (χ3v) is 5.98. The normalized spacial score (nSPS) is 19.3. The summed E-state index contributed by atoms with van der Waals surface area (Å²) in [6.07, 6.45) is 6.75. The lowest BCUT2D eigenvalue weighted by molar-refractivity contribution is -0.121. The molecule has 0 saturated heterocycles. The molecule has 1 aliphatic carbocycles. The van der Waals surface area contributed by atoms with Crippen LogP contribution in [0.5, 0.6) is 0 Å². The fraction of sp³-hybridized carbons (Fsp3) is 0.929. The molecule has 5 heteroatoms. The molecule has 1 fully saturated rings. The van der Waals surface area contributed by atoms with Gasteiger partial charge in [-0.15, -0.1) is 0 Å². The highest BCUT2D eigenvalue weighted by Crippen LogP contribution is 2.38. The van der Waals surface area contributed by atoms with Gasteiger partial charge >= 0.3 is 0 Å². The van der Waals surface area contributed by atoms with Crippen molar-refractivity contribution < 1.29 is 13.2 Å². The van der Waals surface area contributed by atoms with Gasteiger partial charge in [-0.05, 0) is 31.2 Å². The summed E-state index contributed by atoms with van der Waals surface area (Å²) in [6, 6.07) is 0. The summed E-state index contributed by atoms with van der Waals surface area (Å²) in [7, 11) is -3.05. The van der Waals surface area contributed by atoms with Gasteiger partial charge < -0.3 is 5.73 Å². The first-order valence-corrected chi connectivity index (χ1v) is 9.17. The second-order valence-corrected chi connectivity index (χ2v) is 8.19. The first kappa shape index (κ1) is 16.6. The van der Waals surface area contributed by atoms with Gasteiger partial charge in [-0.3, -0.25) is 4.79 Å². The van der Waals surface area contributed by atoms with E-state index in [1.165, 1.54) is 6.42 Å². The average Bonchev–Trinajstić information content (AvgIpc) is 2.38. The zero-order chi connectivity index (χ0) is 14.4. The summed E-state index contributed by atoms with van der Waals surface area (Å²) >= 11 is 0. The van der Waals surface area contributed by atoms with Gasteiger partial charge in [0.15, 0.2) is 9.84 Å². The Kier molecular flexibility index (Phi) is 6.47. The molecule has 0 atom stereocenters. The van der Waals surface area contributed by atoms with E-state index in [-0.39, 0.29) is 29.1 Å². The summed E-state index contributed by atoms with van der Waals surface area (Å²) in [6.45, 7) is 2.38. The molecule has 0 radical (unpaired) electrons. The first-order valence-electron chi connectivity index (χ1n) is 7.35. The molecular formula is C14H27NO3S. The van der Waals surface area contributed by atoms with Crippen LogP contribution in [0.2, 0.25) is 0 Å². The van der Waals surface area contributed by atoms with Crippen molar-refractivity contribution in [2.24, 2.45) is 11.1 Å². The Morgan fingerprint density at radius 3 is 2.32 bits per heavy atom. The van der Waals surface area contributed by atoms with E-state index < -0.39 is 9.84 Å². The van der Waals surface area contributed by atoms with Gasteiger partial charge in [-0.2, -0.15) is 0 Å². The second-order valence-electron chi connectivity index (χ2n) is 5.88. The quantitative estimate of drug-likeness (QED) is 0.742. The summed E-state index contributed by atoms with van der Waals surface area (Å²) in [5.41, 5.74) is 5.79. The number of sulfone groups is 1. The van der Waals surface area contributed by atoms with Crippen molar-refractivity contribution >= 4 is 15.6 Å². The largest absolute Gasteiger partial charge is 0.330 e. The van der Waals surface area contributed by atoms with Crippen LogP contribution in [0.1, 0.15) is 58.3 Å². The molecular weight excluding hydrogens is 262 g/mol. The van der Waals surface area contributed by atoms with Crippen molar-refractivity contribution in [3.8, 4) is 0 Å². The van der Waals surface area contributed by atoms with Crippen molar-refractivity contribution in [1.82, 2.24) is 0 Å². The Labute approximate surface area is 117 Å². The van der Waals surface area contributed by atoms with E-state index in [1.54, 1.807) is 0 Å². The number of hydrogen-bond donors (Lipinski definition) is 1. The molecule has 0 aromatic heterocycles. The second kappa shape index (κ2) is 7.39. The molecule has 0 aromatic carbocycles. The maximum Gasteiger partial charge on any atom is 0.150 e. The molecule has 0 spiro atoms. The third kappa shape index (κ3) is 5.61. The van der Waals surface area contributed by atoms with Gasteiger partial charge in [0.2, 0.25) is 0 Å². The Morgan fingerprint density at radius 2 is 1.79 bits per heavy atom. The van der Waals surface area contributed by atoms with Crippen LogP contribution >= 0.6 is 0 Å². The van der Waals surface area contributed by atoms with E-state index in [9.17, 15) is 13.2 Å². The molecule has 0 amide bonds. The molecule has 1 saturated carbocycles. The number of ketones is 1. The van der Waals surface area contributed by atoms with Crippen LogP contribution in [0.3, 0.4) is 0 Å². The minimum Gasteiger partial charge on any atom is -0.330 e. The lowest BCUT2D eigenvalue weighted by atomic mass is 9.71. The van der Waals surface area contributed by atoms with Crippen molar-refractivity contribution in [1.29, 1.82) is 0 Å². The molecule has 19 heavy (non-hydrogen) atoms. The molecule has 1 rings (SSSR count). The van der Waals surface area contributed by atoms with Crippen molar-refractivity contribution in [2.75, 3.05) is 18.1 Å². The highest BCUT2D eigenvalue weighted by molar-refractivity contribution is 7.91. The Bertz CT molecular complexity index is 383. The van der Waals surface area contributed by atoms with E-state index in [0.717, 1.165) is 25.7 Å². The minimum atomic E-state index is -3.05. The van der Waals surface area contributed by atoms with Crippen LogP contribution in [0.15, 0.2) is 0 Å². The lowest BCUT2D eigenvalue weighted by Crippen LogP contribution is -2.35. The van der Waals surface area contributed by atoms with Gasteiger partial charge in [0, 0.05) is 18.6 Å². The van der Waals surface area contributed by atoms with Crippen LogP contribution < -0.4 is 5.73 Å². The van der Waals surface area contributed by atoms with E-state index in [2.05, 4.69) is 0 Å². The van der Waals surface area contributed by atoms with Gasteiger partial charge in [-0.1, -0.05) is 26.2 Å². The zero-order valence-corrected chi connectivity index (χ0v) is 12.8. The van der Waals surface area contributed by atoms with Gasteiger partial charge in [0.25, 0.3) is 0 Å². The number of Topliss-reactive ketones (excluding diaryl/α,β-unsaturated/α-hetero) is 1. The van der Waals surface area contributed by atoms with E-state index in [0.29, 0.717) is 19.4 Å². The van der Waals surface area contributed by atoms with Crippen molar-refractivity contribution in [3.63, 3.8) is 0 Å². The highest BCUT2D eigenvalue weighted by atomic mass is 32.2. The molecule has 0 bridgehead atoms. The SMILES string of the molecule is CCCS(=O)(=O)CCC(=O)CC1(CN)CCCCC1. The number of nitrogens with two attached hydrogens (primary N) is 1. The first-order chi connectivity index (χ1) is 8.93. The maximum absolute atomic E-state index is 12.0. The third-order valence-electron chi connectivity index (χ3n) is 4.13. The molecule has 0 heterocycles. The maximum atomic E-state index is 12.0. The predicted molar refractivity (Wildman–Crippen MR) is 77.8 cm³/mol. The summed E-state index contributed by atoms with van der Waals surface area (Å²) in [4.78, 5) is 12.0. The number of rotatable bonds is 8. The lowest BCUT2D eigenvalue weighted by Gasteiger charge is -2.35. The minimum absolute atomic E-state index is 0.000322. The Hall–Kier alpha value is -0.420. The van der Waals surface area contributed by atoms with E-state index in [1.807, 2.05) is 6.92 Å². The smallest absolute Gasteiger partial charge is 0.150 e. The summed E-state index contributed by atoms with van der Waals surface area (Å²) in [5.74, 6) is 0.245.